The first-order chi connectivity index (χ1) is 24.1. The maximum absolute atomic E-state index is 15.1. The average Bonchev–Trinajstić information content (AvgIpc) is 3.68. The van der Waals surface area contributed by atoms with Gasteiger partial charge in [0.05, 0.1) is 0 Å². The van der Waals surface area contributed by atoms with E-state index in [9.17, 15) is 0 Å². The quantitative estimate of drug-likeness (QED) is 0.156. The smallest absolute Gasteiger partial charge is 0.144 e. The first kappa shape index (κ1) is 31.5. The Bertz CT molecular complexity index is 2510. The van der Waals surface area contributed by atoms with Gasteiger partial charge in [-0.05, 0) is 65.9 Å². The van der Waals surface area contributed by atoms with Gasteiger partial charge in [0.25, 0.3) is 0 Å². The van der Waals surface area contributed by atoms with Gasteiger partial charge in [-0.15, -0.1) is 53.6 Å². The largest absolute Gasteiger partial charge is 0.509 e. The second kappa shape index (κ2) is 13.0. The van der Waals surface area contributed by atoms with Crippen molar-refractivity contribution in [2.24, 2.45) is 0 Å². The van der Waals surface area contributed by atoms with Crippen LogP contribution >= 0.6 is 0 Å². The number of rotatable bonds is 6. The predicted octanol–water partition coefficient (Wildman–Crippen LogP) is 11.1. The molecule has 3 heterocycles. The van der Waals surface area contributed by atoms with Crippen LogP contribution in [0.3, 0.4) is 0 Å². The maximum Gasteiger partial charge on any atom is 0.144 e. The van der Waals surface area contributed by atoms with E-state index in [1.807, 2.05) is 102 Å². The molecule has 1 aliphatic heterocycles. The molecule has 0 N–H and O–H groups in total. The Balaban J connectivity index is 0.00000361. The van der Waals surface area contributed by atoms with Crippen molar-refractivity contribution in [1.82, 2.24) is 9.55 Å². The van der Waals surface area contributed by atoms with Gasteiger partial charge in [0.15, 0.2) is 0 Å². The molecule has 1 aliphatic rings. The summed E-state index contributed by atoms with van der Waals surface area (Å²) in [7, 11) is 0. The van der Waals surface area contributed by atoms with Crippen LogP contribution in [0.25, 0.3) is 38.8 Å². The van der Waals surface area contributed by atoms with Crippen LogP contribution in [0, 0.1) is 31.5 Å². The minimum atomic E-state index is -0.300. The van der Waals surface area contributed by atoms with Gasteiger partial charge in [-0.25, -0.2) is 9.37 Å². The number of benzene rings is 6. The minimum absolute atomic E-state index is 0. The third kappa shape index (κ3) is 5.52. The fourth-order valence-electron chi connectivity index (χ4n) is 6.59. The van der Waals surface area contributed by atoms with Gasteiger partial charge < -0.3 is 19.1 Å². The van der Waals surface area contributed by atoms with Gasteiger partial charge in [0, 0.05) is 61.3 Å². The van der Waals surface area contributed by atoms with Crippen molar-refractivity contribution in [3.63, 3.8) is 0 Å². The van der Waals surface area contributed by atoms with Crippen LogP contribution in [0.1, 0.15) is 5.56 Å². The Labute approximate surface area is 304 Å². The standard InChI is InChI=1S/C43H28FN4O.Pt/c1-29-21-22-45-43(23-29)48-38-15-7-5-13-35(38)36-20-19-33(27-42(36)48)49-34-25-31(30-11-3-2-4-12-30)24-32(26-34)46-28-47(39-16-8-6-14-37(39)44)41-18-10-9-17-40(41)46;/h2-25,28H,1H3;/q-3;. The molecule has 50 heavy (non-hydrogen) atoms. The number of anilines is 4. The summed E-state index contributed by atoms with van der Waals surface area (Å²) in [6.45, 7) is 3.97. The van der Waals surface area contributed by atoms with Crippen molar-refractivity contribution < 1.29 is 30.2 Å². The van der Waals surface area contributed by atoms with Gasteiger partial charge in [0.2, 0.25) is 0 Å². The second-order valence-corrected chi connectivity index (χ2v) is 12.0. The second-order valence-electron chi connectivity index (χ2n) is 12.0. The Morgan fingerprint density at radius 1 is 0.640 bits per heavy atom. The Morgan fingerprint density at radius 2 is 1.36 bits per heavy atom. The van der Waals surface area contributed by atoms with Crippen molar-refractivity contribution >= 4 is 44.6 Å². The number of ether oxygens (including phenoxy) is 1. The predicted molar refractivity (Wildman–Crippen MR) is 194 cm³/mol. The molecule has 8 aromatic rings. The summed E-state index contributed by atoms with van der Waals surface area (Å²) in [6, 6.07) is 52.5. The number of aromatic nitrogens is 2. The molecule has 0 atom stereocenters. The maximum atomic E-state index is 15.1. The number of para-hydroxylation sites is 4. The van der Waals surface area contributed by atoms with Crippen LogP contribution in [0.5, 0.6) is 11.5 Å². The number of pyridine rings is 1. The third-order valence-electron chi connectivity index (χ3n) is 8.85. The molecule has 2 aromatic heterocycles. The molecule has 5 nitrogen and oxygen atoms in total. The van der Waals surface area contributed by atoms with E-state index in [4.69, 9.17) is 9.72 Å². The number of hydrogen-bond donors (Lipinski definition) is 0. The van der Waals surface area contributed by atoms with Crippen molar-refractivity contribution in [3.05, 3.63) is 176 Å². The third-order valence-corrected chi connectivity index (χ3v) is 8.85. The summed E-state index contributed by atoms with van der Waals surface area (Å²) in [5.41, 5.74) is 8.02. The normalized spacial score (nSPS) is 12.3. The molecule has 0 radical (unpaired) electrons. The summed E-state index contributed by atoms with van der Waals surface area (Å²) < 4.78 is 23.8. The van der Waals surface area contributed by atoms with E-state index in [0.717, 1.165) is 61.4 Å². The molecule has 6 aromatic carbocycles. The van der Waals surface area contributed by atoms with Crippen LogP contribution in [-0.4, -0.2) is 9.55 Å². The van der Waals surface area contributed by atoms with E-state index in [2.05, 4.69) is 66.1 Å². The van der Waals surface area contributed by atoms with Crippen LogP contribution in [0.4, 0.5) is 27.1 Å². The number of hydrogen-bond acceptors (Lipinski definition) is 4. The Morgan fingerprint density at radius 3 is 2.16 bits per heavy atom. The van der Waals surface area contributed by atoms with Gasteiger partial charge in [-0.2, -0.15) is 6.07 Å². The minimum Gasteiger partial charge on any atom is -0.509 e. The van der Waals surface area contributed by atoms with E-state index in [1.54, 1.807) is 12.1 Å². The van der Waals surface area contributed by atoms with Crippen molar-refractivity contribution in [2.45, 2.75) is 6.92 Å². The molecular formula is C43H28FN4OPt-3. The first-order valence-electron chi connectivity index (χ1n) is 16.1. The summed E-state index contributed by atoms with van der Waals surface area (Å²) in [6.07, 6.45) is 1.83. The van der Waals surface area contributed by atoms with Crippen LogP contribution in [-0.2, 0) is 21.1 Å². The topological polar surface area (TPSA) is 33.5 Å². The summed E-state index contributed by atoms with van der Waals surface area (Å²) in [5, 5.41) is 2.18. The van der Waals surface area contributed by atoms with Crippen molar-refractivity contribution in [3.8, 4) is 28.4 Å². The van der Waals surface area contributed by atoms with Gasteiger partial charge in [0.1, 0.15) is 11.6 Å². The molecule has 0 spiro atoms. The van der Waals surface area contributed by atoms with E-state index >= 15 is 4.39 Å². The Hall–Kier alpha value is -5.71. The van der Waals surface area contributed by atoms with Crippen LogP contribution in [0.2, 0.25) is 0 Å². The zero-order valence-electron chi connectivity index (χ0n) is 26.8. The summed E-state index contributed by atoms with van der Waals surface area (Å²) in [4.78, 5) is 8.60. The molecule has 0 bridgehead atoms. The number of halogens is 1. The average molecular weight is 831 g/mol. The van der Waals surface area contributed by atoms with Gasteiger partial charge in [-0.1, -0.05) is 78.3 Å². The molecular weight excluding hydrogens is 803 g/mol. The van der Waals surface area contributed by atoms with E-state index in [1.165, 1.54) is 6.07 Å². The fourth-order valence-corrected chi connectivity index (χ4v) is 6.59. The SMILES string of the molecule is Cc1ccnc(-n2c3[c-]c(Oc4[c-]c(N5[CH-]N(c6ccccc6F)c6ccccc65)cc(-c5ccccc5)c4)ccc3c3ccccc32)c1.[Pt]. The zero-order chi connectivity index (χ0) is 32.9. The monoisotopic (exact) mass is 830 g/mol. The molecule has 0 aliphatic carbocycles. The zero-order valence-corrected chi connectivity index (χ0v) is 29.1. The number of fused-ring (bicyclic) bond motifs is 4. The Kier molecular flexibility index (Phi) is 8.18. The van der Waals surface area contributed by atoms with Crippen molar-refractivity contribution in [2.75, 3.05) is 9.80 Å². The van der Waals surface area contributed by atoms with Gasteiger partial charge in [-0.3, -0.25) is 0 Å². The molecule has 0 amide bonds. The first-order valence-corrected chi connectivity index (χ1v) is 16.1. The summed E-state index contributed by atoms with van der Waals surface area (Å²) in [5.74, 6) is 1.60. The molecule has 0 saturated carbocycles. The molecule has 0 saturated heterocycles. The molecule has 7 heteroatoms. The van der Waals surface area contributed by atoms with E-state index in [-0.39, 0.29) is 26.9 Å². The number of nitrogens with zero attached hydrogens (tertiary/aromatic N) is 4. The molecule has 0 fully saturated rings. The van der Waals surface area contributed by atoms with E-state index in [0.29, 0.717) is 17.2 Å². The molecule has 9 rings (SSSR count). The fraction of sp³-hybridized carbons (Fsp3) is 0.0233. The number of aryl methyl sites for hydroxylation is 1. The summed E-state index contributed by atoms with van der Waals surface area (Å²) >= 11 is 0. The van der Waals surface area contributed by atoms with E-state index < -0.39 is 0 Å². The molecule has 246 valence electrons. The van der Waals surface area contributed by atoms with Crippen LogP contribution in [0.15, 0.2) is 146 Å². The molecule has 0 unspecified atom stereocenters. The van der Waals surface area contributed by atoms with Crippen LogP contribution < -0.4 is 14.5 Å². The van der Waals surface area contributed by atoms with Gasteiger partial charge >= 0.3 is 0 Å². The van der Waals surface area contributed by atoms with Crippen molar-refractivity contribution in [1.29, 1.82) is 0 Å².